The number of hydrogen-bond donors (Lipinski definition) is 1. The van der Waals surface area contributed by atoms with Crippen molar-refractivity contribution in [1.82, 2.24) is 10.3 Å². The Balaban J connectivity index is 2.50. The summed E-state index contributed by atoms with van der Waals surface area (Å²) in [5.74, 6) is 1.03. The van der Waals surface area contributed by atoms with E-state index in [0.717, 1.165) is 15.3 Å². The first-order valence-corrected chi connectivity index (χ1v) is 5.92. The molecule has 0 fully saturated rings. The number of nitrogens with zero attached hydrogens (tertiary/aromatic N) is 1. The predicted molar refractivity (Wildman–Crippen MR) is 61.2 cm³/mol. The predicted octanol–water partition coefficient (Wildman–Crippen LogP) is 2.54. The van der Waals surface area contributed by atoms with E-state index in [4.69, 9.17) is 0 Å². The monoisotopic (exact) mass is 260 g/mol. The number of pyridine rings is 1. The van der Waals surface area contributed by atoms with E-state index in [9.17, 15) is 0 Å². The lowest BCUT2D eigenvalue weighted by molar-refractivity contribution is 0.677. The molecule has 0 amide bonds. The molecule has 1 rings (SSSR count). The Labute approximate surface area is 91.7 Å². The lowest BCUT2D eigenvalue weighted by Crippen LogP contribution is -2.23. The molecule has 0 aliphatic rings. The van der Waals surface area contributed by atoms with Crippen LogP contribution in [0.3, 0.4) is 0 Å². The van der Waals surface area contributed by atoms with Crippen LogP contribution in [0.2, 0.25) is 0 Å². The summed E-state index contributed by atoms with van der Waals surface area (Å²) >= 11 is 5.22. The zero-order valence-corrected chi connectivity index (χ0v) is 10.2. The van der Waals surface area contributed by atoms with Crippen LogP contribution in [0.25, 0.3) is 0 Å². The van der Waals surface area contributed by atoms with Crippen molar-refractivity contribution in [3.63, 3.8) is 0 Å². The van der Waals surface area contributed by atoms with Crippen LogP contribution < -0.4 is 5.32 Å². The molecule has 0 aromatic carbocycles. The minimum absolute atomic E-state index is 0.513. The highest BCUT2D eigenvalue weighted by atomic mass is 79.9. The summed E-state index contributed by atoms with van der Waals surface area (Å²) < 4.78 is 1.07. The van der Waals surface area contributed by atoms with Crippen molar-refractivity contribution in [2.45, 2.75) is 18.0 Å². The van der Waals surface area contributed by atoms with Gasteiger partial charge in [0.1, 0.15) is 5.03 Å². The molecular weight excluding hydrogens is 248 g/mol. The van der Waals surface area contributed by atoms with Gasteiger partial charge in [0.15, 0.2) is 0 Å². The highest BCUT2D eigenvalue weighted by Gasteiger charge is 2.03. The third-order valence-corrected chi connectivity index (χ3v) is 3.86. The number of thioether (sulfide) groups is 1. The van der Waals surface area contributed by atoms with Crippen LogP contribution in [0, 0.1) is 0 Å². The maximum absolute atomic E-state index is 4.27. The number of nitrogens with one attached hydrogen (secondary N) is 1. The molecule has 0 bridgehead atoms. The zero-order chi connectivity index (χ0) is 9.68. The van der Waals surface area contributed by atoms with E-state index in [1.807, 2.05) is 25.4 Å². The Morgan fingerprint density at radius 1 is 1.69 bits per heavy atom. The largest absolute Gasteiger partial charge is 0.316 e. The molecule has 1 N–H and O–H groups in total. The second-order valence-electron chi connectivity index (χ2n) is 2.79. The maximum Gasteiger partial charge on any atom is 0.110 e. The van der Waals surface area contributed by atoms with Gasteiger partial charge in [-0.15, -0.1) is 11.8 Å². The molecule has 0 aliphatic heterocycles. The molecule has 13 heavy (non-hydrogen) atoms. The third kappa shape index (κ3) is 3.67. The first kappa shape index (κ1) is 11.0. The molecule has 1 aromatic heterocycles. The van der Waals surface area contributed by atoms with Crippen LogP contribution in [0.1, 0.15) is 6.92 Å². The van der Waals surface area contributed by atoms with Crippen LogP contribution in [-0.4, -0.2) is 23.8 Å². The van der Waals surface area contributed by atoms with Gasteiger partial charge >= 0.3 is 0 Å². The third-order valence-electron chi connectivity index (χ3n) is 1.69. The number of aromatic nitrogens is 1. The van der Waals surface area contributed by atoms with Crippen molar-refractivity contribution in [2.75, 3.05) is 12.8 Å². The normalized spacial score (nSPS) is 12.8. The molecule has 1 aromatic rings. The van der Waals surface area contributed by atoms with Gasteiger partial charge in [-0.05, 0) is 42.0 Å². The van der Waals surface area contributed by atoms with Crippen LogP contribution in [0.5, 0.6) is 0 Å². The van der Waals surface area contributed by atoms with E-state index in [1.54, 1.807) is 11.8 Å². The highest BCUT2D eigenvalue weighted by Crippen LogP contribution is 2.24. The van der Waals surface area contributed by atoms with Gasteiger partial charge in [0.2, 0.25) is 0 Å². The minimum atomic E-state index is 0.513. The Morgan fingerprint density at radius 2 is 2.46 bits per heavy atom. The fraction of sp³-hybridized carbons (Fsp3) is 0.444. The molecule has 0 saturated heterocycles. The van der Waals surface area contributed by atoms with Gasteiger partial charge in [0.25, 0.3) is 0 Å². The van der Waals surface area contributed by atoms with Gasteiger partial charge in [0, 0.05) is 22.5 Å². The molecule has 1 heterocycles. The average Bonchev–Trinajstić information content (AvgIpc) is 2.16. The second-order valence-corrected chi connectivity index (χ2v) is 4.65. The minimum Gasteiger partial charge on any atom is -0.316 e. The highest BCUT2D eigenvalue weighted by molar-refractivity contribution is 9.10. The summed E-state index contributed by atoms with van der Waals surface area (Å²) in [6, 6.07) is 4.45. The van der Waals surface area contributed by atoms with Crippen LogP contribution >= 0.6 is 27.7 Å². The van der Waals surface area contributed by atoms with Crippen molar-refractivity contribution in [3.05, 3.63) is 22.8 Å². The second kappa shape index (κ2) is 5.62. The Kier molecular flexibility index (Phi) is 4.77. The van der Waals surface area contributed by atoms with Crippen LogP contribution in [-0.2, 0) is 0 Å². The van der Waals surface area contributed by atoms with Crippen LogP contribution in [0.15, 0.2) is 27.8 Å². The van der Waals surface area contributed by atoms with Gasteiger partial charge in [-0.1, -0.05) is 0 Å². The Bertz CT molecular complexity index is 268. The smallest absolute Gasteiger partial charge is 0.110 e. The Hall–Kier alpha value is -0.0600. The molecule has 2 nitrogen and oxygen atoms in total. The van der Waals surface area contributed by atoms with Crippen molar-refractivity contribution in [2.24, 2.45) is 0 Å². The molecule has 1 unspecified atom stereocenters. The standard InChI is InChI=1S/C9H13BrN2S/c1-7(11-2)6-13-9-8(10)4-3-5-12-9/h3-5,7,11H,6H2,1-2H3. The molecule has 0 radical (unpaired) electrons. The lowest BCUT2D eigenvalue weighted by Gasteiger charge is -2.09. The lowest BCUT2D eigenvalue weighted by atomic mass is 10.4. The first-order valence-electron chi connectivity index (χ1n) is 4.14. The molecule has 72 valence electrons. The molecule has 0 aliphatic carbocycles. The maximum atomic E-state index is 4.27. The number of rotatable bonds is 4. The van der Waals surface area contributed by atoms with E-state index < -0.39 is 0 Å². The van der Waals surface area contributed by atoms with Gasteiger partial charge in [-0.25, -0.2) is 4.98 Å². The first-order chi connectivity index (χ1) is 6.24. The summed E-state index contributed by atoms with van der Waals surface area (Å²) in [7, 11) is 1.97. The summed E-state index contributed by atoms with van der Waals surface area (Å²) in [5.41, 5.74) is 0. The van der Waals surface area contributed by atoms with Crippen molar-refractivity contribution < 1.29 is 0 Å². The summed E-state index contributed by atoms with van der Waals surface area (Å²) in [4.78, 5) is 4.27. The van der Waals surface area contributed by atoms with Gasteiger partial charge in [-0.2, -0.15) is 0 Å². The van der Waals surface area contributed by atoms with Gasteiger partial charge < -0.3 is 5.32 Å². The molecule has 1 atom stereocenters. The molecule has 4 heteroatoms. The molecule has 0 spiro atoms. The SMILES string of the molecule is CNC(C)CSc1ncccc1Br. The zero-order valence-electron chi connectivity index (χ0n) is 7.75. The average molecular weight is 261 g/mol. The molecular formula is C9H13BrN2S. The fourth-order valence-corrected chi connectivity index (χ4v) is 2.28. The summed E-state index contributed by atoms with van der Waals surface area (Å²) in [6.45, 7) is 2.16. The van der Waals surface area contributed by atoms with Gasteiger partial charge in [0.05, 0.1) is 0 Å². The quantitative estimate of drug-likeness (QED) is 0.843. The van der Waals surface area contributed by atoms with Crippen LogP contribution in [0.4, 0.5) is 0 Å². The molecule has 0 saturated carbocycles. The number of hydrogen-bond acceptors (Lipinski definition) is 3. The van der Waals surface area contributed by atoms with E-state index in [-0.39, 0.29) is 0 Å². The van der Waals surface area contributed by atoms with E-state index >= 15 is 0 Å². The number of halogens is 1. The van der Waals surface area contributed by atoms with Crippen molar-refractivity contribution >= 4 is 27.7 Å². The van der Waals surface area contributed by atoms with Crippen molar-refractivity contribution in [1.29, 1.82) is 0 Å². The fourth-order valence-electron chi connectivity index (χ4n) is 0.765. The summed E-state index contributed by atoms with van der Waals surface area (Å²) in [6.07, 6.45) is 1.82. The van der Waals surface area contributed by atoms with E-state index in [1.165, 1.54) is 0 Å². The Morgan fingerprint density at radius 3 is 3.08 bits per heavy atom. The van der Waals surface area contributed by atoms with Crippen molar-refractivity contribution in [3.8, 4) is 0 Å². The van der Waals surface area contributed by atoms with Gasteiger partial charge in [-0.3, -0.25) is 0 Å². The van der Waals surface area contributed by atoms with E-state index in [0.29, 0.717) is 6.04 Å². The summed E-state index contributed by atoms with van der Waals surface area (Å²) in [5, 5.41) is 4.25. The van der Waals surface area contributed by atoms with E-state index in [2.05, 4.69) is 33.2 Å². The topological polar surface area (TPSA) is 24.9 Å².